The van der Waals surface area contributed by atoms with Gasteiger partial charge < -0.3 is 14.7 Å². The van der Waals surface area contributed by atoms with Gasteiger partial charge in [-0.1, -0.05) is 6.92 Å². The second-order valence-electron chi connectivity index (χ2n) is 4.93. The molecule has 0 spiro atoms. The average molecular weight is 229 g/mol. The van der Waals surface area contributed by atoms with E-state index >= 15 is 0 Å². The third-order valence-corrected chi connectivity index (χ3v) is 3.12. The van der Waals surface area contributed by atoms with Crippen LogP contribution in [0, 0.1) is 0 Å². The zero-order chi connectivity index (χ0) is 11.8. The summed E-state index contributed by atoms with van der Waals surface area (Å²) in [6, 6.07) is 0. The SMILES string of the molecule is CCCOC1CCCN(CCCC(C)O)C1. The van der Waals surface area contributed by atoms with E-state index in [0.29, 0.717) is 6.10 Å². The molecule has 96 valence electrons. The summed E-state index contributed by atoms with van der Waals surface area (Å²) in [6.45, 7) is 8.31. The van der Waals surface area contributed by atoms with Crippen LogP contribution in [0.5, 0.6) is 0 Å². The van der Waals surface area contributed by atoms with Crippen molar-refractivity contribution in [2.45, 2.75) is 58.2 Å². The predicted octanol–water partition coefficient (Wildman–Crippen LogP) is 2.04. The molecule has 0 aliphatic carbocycles. The standard InChI is InChI=1S/C13H27NO2/c1-3-10-16-13-7-5-9-14(11-13)8-4-6-12(2)15/h12-13,15H,3-11H2,1-2H3. The Hall–Kier alpha value is -0.120. The van der Waals surface area contributed by atoms with Crippen molar-refractivity contribution in [2.75, 3.05) is 26.2 Å². The smallest absolute Gasteiger partial charge is 0.0702 e. The van der Waals surface area contributed by atoms with Gasteiger partial charge in [0.1, 0.15) is 0 Å². The molecule has 3 heteroatoms. The first-order valence-corrected chi connectivity index (χ1v) is 6.74. The second kappa shape index (κ2) is 8.04. The molecule has 0 bridgehead atoms. The van der Waals surface area contributed by atoms with Crippen LogP contribution < -0.4 is 0 Å². The van der Waals surface area contributed by atoms with E-state index in [9.17, 15) is 5.11 Å². The fourth-order valence-corrected chi connectivity index (χ4v) is 2.25. The molecule has 1 fully saturated rings. The van der Waals surface area contributed by atoms with Gasteiger partial charge in [-0.25, -0.2) is 0 Å². The molecular weight excluding hydrogens is 202 g/mol. The van der Waals surface area contributed by atoms with E-state index in [1.54, 1.807) is 0 Å². The number of hydrogen-bond acceptors (Lipinski definition) is 3. The van der Waals surface area contributed by atoms with E-state index in [1.165, 1.54) is 19.4 Å². The van der Waals surface area contributed by atoms with Crippen LogP contribution in [0.2, 0.25) is 0 Å². The summed E-state index contributed by atoms with van der Waals surface area (Å²) in [5, 5.41) is 9.21. The summed E-state index contributed by atoms with van der Waals surface area (Å²) in [6.07, 6.45) is 5.88. The number of nitrogens with zero attached hydrogens (tertiary/aromatic N) is 1. The molecule has 0 aromatic heterocycles. The maximum atomic E-state index is 9.21. The van der Waals surface area contributed by atoms with Gasteiger partial charge in [0.25, 0.3) is 0 Å². The van der Waals surface area contributed by atoms with Gasteiger partial charge in [-0.2, -0.15) is 0 Å². The van der Waals surface area contributed by atoms with Crippen molar-refractivity contribution in [3.05, 3.63) is 0 Å². The molecule has 1 saturated heterocycles. The highest BCUT2D eigenvalue weighted by Crippen LogP contribution is 2.14. The van der Waals surface area contributed by atoms with Crippen LogP contribution in [0.1, 0.15) is 46.0 Å². The number of ether oxygens (including phenoxy) is 1. The number of piperidine rings is 1. The minimum atomic E-state index is -0.156. The zero-order valence-electron chi connectivity index (χ0n) is 10.8. The van der Waals surface area contributed by atoms with Crippen molar-refractivity contribution in [3.63, 3.8) is 0 Å². The molecule has 1 heterocycles. The molecule has 1 N–H and O–H groups in total. The first-order valence-electron chi connectivity index (χ1n) is 6.74. The molecular formula is C13H27NO2. The Morgan fingerprint density at radius 3 is 3.00 bits per heavy atom. The van der Waals surface area contributed by atoms with Gasteiger partial charge in [-0.3, -0.25) is 0 Å². The lowest BCUT2D eigenvalue weighted by molar-refractivity contribution is -0.000965. The largest absolute Gasteiger partial charge is 0.393 e. The quantitative estimate of drug-likeness (QED) is 0.725. The summed E-state index contributed by atoms with van der Waals surface area (Å²) < 4.78 is 5.80. The Kier molecular flexibility index (Phi) is 7.01. The van der Waals surface area contributed by atoms with Gasteiger partial charge in [-0.15, -0.1) is 0 Å². The highest BCUT2D eigenvalue weighted by atomic mass is 16.5. The van der Waals surface area contributed by atoms with Gasteiger partial charge >= 0.3 is 0 Å². The Bertz CT molecular complexity index is 173. The van der Waals surface area contributed by atoms with E-state index < -0.39 is 0 Å². The monoisotopic (exact) mass is 229 g/mol. The van der Waals surface area contributed by atoms with Crippen molar-refractivity contribution in [2.24, 2.45) is 0 Å². The third-order valence-electron chi connectivity index (χ3n) is 3.12. The number of likely N-dealkylation sites (tertiary alicyclic amines) is 1. The van der Waals surface area contributed by atoms with E-state index in [4.69, 9.17) is 4.74 Å². The number of rotatable bonds is 7. The minimum absolute atomic E-state index is 0.156. The van der Waals surface area contributed by atoms with Crippen LogP contribution in [0.15, 0.2) is 0 Å². The predicted molar refractivity (Wildman–Crippen MR) is 66.6 cm³/mol. The van der Waals surface area contributed by atoms with Gasteiger partial charge in [0.15, 0.2) is 0 Å². The van der Waals surface area contributed by atoms with E-state index in [-0.39, 0.29) is 6.10 Å². The molecule has 3 nitrogen and oxygen atoms in total. The highest BCUT2D eigenvalue weighted by Gasteiger charge is 2.19. The molecule has 0 radical (unpaired) electrons. The molecule has 0 aromatic rings. The van der Waals surface area contributed by atoms with Crippen molar-refractivity contribution >= 4 is 0 Å². The summed E-state index contributed by atoms with van der Waals surface area (Å²) in [4.78, 5) is 2.48. The molecule has 2 unspecified atom stereocenters. The normalized spacial score (nSPS) is 24.6. The first kappa shape index (κ1) is 13.9. The summed E-state index contributed by atoms with van der Waals surface area (Å²) in [5.41, 5.74) is 0. The van der Waals surface area contributed by atoms with Gasteiger partial charge in [0.2, 0.25) is 0 Å². The van der Waals surface area contributed by atoms with Crippen LogP contribution >= 0.6 is 0 Å². The van der Waals surface area contributed by atoms with E-state index in [1.807, 2.05) is 6.92 Å². The highest BCUT2D eigenvalue weighted by molar-refractivity contribution is 4.73. The average Bonchev–Trinajstić information content (AvgIpc) is 2.26. The first-order chi connectivity index (χ1) is 7.72. The van der Waals surface area contributed by atoms with E-state index in [0.717, 1.165) is 39.0 Å². The molecule has 1 rings (SSSR count). The van der Waals surface area contributed by atoms with Gasteiger partial charge in [-0.05, 0) is 52.1 Å². The molecule has 16 heavy (non-hydrogen) atoms. The van der Waals surface area contributed by atoms with Crippen LogP contribution in [0.3, 0.4) is 0 Å². The number of aliphatic hydroxyl groups excluding tert-OH is 1. The van der Waals surface area contributed by atoms with Crippen LogP contribution in [-0.2, 0) is 4.74 Å². The second-order valence-corrected chi connectivity index (χ2v) is 4.93. The molecule has 0 saturated carbocycles. The summed E-state index contributed by atoms with van der Waals surface area (Å²) >= 11 is 0. The number of aliphatic hydroxyl groups is 1. The maximum absolute atomic E-state index is 9.21. The van der Waals surface area contributed by atoms with Crippen LogP contribution in [0.25, 0.3) is 0 Å². The van der Waals surface area contributed by atoms with Crippen molar-refractivity contribution < 1.29 is 9.84 Å². The van der Waals surface area contributed by atoms with Gasteiger partial charge in [0.05, 0.1) is 12.2 Å². The van der Waals surface area contributed by atoms with Crippen LogP contribution in [-0.4, -0.2) is 48.5 Å². The third kappa shape index (κ3) is 5.83. The lowest BCUT2D eigenvalue weighted by Crippen LogP contribution is -2.40. The zero-order valence-corrected chi connectivity index (χ0v) is 10.8. The lowest BCUT2D eigenvalue weighted by atomic mass is 10.1. The molecule has 1 aliphatic rings. The summed E-state index contributed by atoms with van der Waals surface area (Å²) in [7, 11) is 0. The topological polar surface area (TPSA) is 32.7 Å². The Morgan fingerprint density at radius 1 is 1.50 bits per heavy atom. The molecule has 0 aromatic carbocycles. The Morgan fingerprint density at radius 2 is 2.31 bits per heavy atom. The van der Waals surface area contributed by atoms with Crippen molar-refractivity contribution in [3.8, 4) is 0 Å². The Balaban J connectivity index is 2.12. The van der Waals surface area contributed by atoms with Crippen molar-refractivity contribution in [1.82, 2.24) is 4.90 Å². The fraction of sp³-hybridized carbons (Fsp3) is 1.00. The minimum Gasteiger partial charge on any atom is -0.393 e. The summed E-state index contributed by atoms with van der Waals surface area (Å²) in [5.74, 6) is 0. The van der Waals surface area contributed by atoms with Gasteiger partial charge in [0, 0.05) is 13.2 Å². The number of hydrogen-bond donors (Lipinski definition) is 1. The molecule has 0 amide bonds. The molecule has 2 atom stereocenters. The maximum Gasteiger partial charge on any atom is 0.0702 e. The molecule has 1 aliphatic heterocycles. The van der Waals surface area contributed by atoms with E-state index in [2.05, 4.69) is 11.8 Å². The van der Waals surface area contributed by atoms with Crippen LogP contribution in [0.4, 0.5) is 0 Å². The lowest BCUT2D eigenvalue weighted by Gasteiger charge is -2.32. The Labute approximate surface area is 99.8 Å². The fourth-order valence-electron chi connectivity index (χ4n) is 2.25. The van der Waals surface area contributed by atoms with Crippen molar-refractivity contribution in [1.29, 1.82) is 0 Å².